The zero-order valence-electron chi connectivity index (χ0n) is 11.9. The lowest BCUT2D eigenvalue weighted by Gasteiger charge is -2.39. The second-order valence-electron chi connectivity index (χ2n) is 5.76. The molecule has 1 aromatic carbocycles. The van der Waals surface area contributed by atoms with Crippen LogP contribution in [-0.2, 0) is 11.2 Å². The van der Waals surface area contributed by atoms with Crippen LogP contribution in [0.2, 0.25) is 0 Å². The highest BCUT2D eigenvalue weighted by molar-refractivity contribution is 5.87. The Hall–Kier alpha value is -1.39. The Kier molecular flexibility index (Phi) is 4.03. The van der Waals surface area contributed by atoms with Crippen molar-refractivity contribution >= 4 is 5.91 Å². The smallest absolute Gasteiger partial charge is 0.230 e. The highest BCUT2D eigenvalue weighted by Crippen LogP contribution is 2.36. The van der Waals surface area contributed by atoms with Gasteiger partial charge in [0.1, 0.15) is 0 Å². The van der Waals surface area contributed by atoms with Crippen molar-refractivity contribution in [2.75, 3.05) is 39.3 Å². The maximum Gasteiger partial charge on any atom is 0.230 e. The number of carbonyl (C=O) groups is 1. The van der Waals surface area contributed by atoms with E-state index in [0.717, 1.165) is 52.1 Å². The molecule has 4 nitrogen and oxygen atoms in total. The minimum Gasteiger partial charge on any atom is -0.340 e. The number of fused-ring (bicyclic) bond motifs is 1. The van der Waals surface area contributed by atoms with E-state index >= 15 is 0 Å². The number of nitrogens with zero attached hydrogens (tertiary/aromatic N) is 2. The number of nitrogens with two attached hydrogens (primary N) is 1. The molecule has 1 heterocycles. The molecule has 1 unspecified atom stereocenters. The molecule has 1 amide bonds. The Morgan fingerprint density at radius 2 is 1.95 bits per heavy atom. The largest absolute Gasteiger partial charge is 0.340 e. The predicted molar refractivity (Wildman–Crippen MR) is 79.6 cm³/mol. The van der Waals surface area contributed by atoms with Crippen LogP contribution >= 0.6 is 0 Å². The van der Waals surface area contributed by atoms with Gasteiger partial charge in [0.2, 0.25) is 5.91 Å². The highest BCUT2D eigenvalue weighted by atomic mass is 16.2. The van der Waals surface area contributed by atoms with Crippen LogP contribution in [0.25, 0.3) is 0 Å². The van der Waals surface area contributed by atoms with E-state index in [1.807, 2.05) is 11.0 Å². The molecule has 1 saturated heterocycles. The molecule has 1 atom stereocenters. The second-order valence-corrected chi connectivity index (χ2v) is 5.76. The number of hydrogen-bond donors (Lipinski definition) is 1. The standard InChI is InChI=1S/C16H23N3O/c17-6-3-7-18-8-10-19(11-9-18)16(20)15-12-13-4-1-2-5-14(13)15/h1-2,4-5,15H,3,6-12,17H2. The van der Waals surface area contributed by atoms with Gasteiger partial charge in [-0.3, -0.25) is 9.69 Å². The lowest BCUT2D eigenvalue weighted by atomic mass is 9.77. The topological polar surface area (TPSA) is 49.6 Å². The Morgan fingerprint density at radius 3 is 2.65 bits per heavy atom. The van der Waals surface area contributed by atoms with Gasteiger partial charge in [-0.2, -0.15) is 0 Å². The first-order valence-electron chi connectivity index (χ1n) is 7.58. The molecular weight excluding hydrogens is 250 g/mol. The fourth-order valence-electron chi connectivity index (χ4n) is 3.21. The summed E-state index contributed by atoms with van der Waals surface area (Å²) in [6.45, 7) is 5.51. The van der Waals surface area contributed by atoms with E-state index in [1.165, 1.54) is 11.1 Å². The van der Waals surface area contributed by atoms with Crippen LogP contribution in [0.1, 0.15) is 23.5 Å². The molecule has 0 bridgehead atoms. The molecule has 2 aliphatic rings. The van der Waals surface area contributed by atoms with E-state index < -0.39 is 0 Å². The first-order valence-corrected chi connectivity index (χ1v) is 7.58. The summed E-state index contributed by atoms with van der Waals surface area (Å²) in [6, 6.07) is 8.31. The maximum atomic E-state index is 12.6. The van der Waals surface area contributed by atoms with Crippen LogP contribution in [0, 0.1) is 0 Å². The van der Waals surface area contributed by atoms with Crippen LogP contribution in [0.4, 0.5) is 0 Å². The van der Waals surface area contributed by atoms with Crippen LogP contribution < -0.4 is 5.73 Å². The Labute approximate surface area is 120 Å². The quantitative estimate of drug-likeness (QED) is 0.883. The molecule has 1 aliphatic heterocycles. The zero-order valence-corrected chi connectivity index (χ0v) is 11.9. The maximum absolute atomic E-state index is 12.6. The lowest BCUT2D eigenvalue weighted by molar-refractivity contribution is -0.135. The van der Waals surface area contributed by atoms with Crippen molar-refractivity contribution in [3.05, 3.63) is 35.4 Å². The molecule has 4 heteroatoms. The van der Waals surface area contributed by atoms with E-state index in [4.69, 9.17) is 5.73 Å². The Bertz CT molecular complexity index is 480. The molecule has 2 N–H and O–H groups in total. The van der Waals surface area contributed by atoms with Gasteiger partial charge >= 0.3 is 0 Å². The van der Waals surface area contributed by atoms with Crippen LogP contribution in [0.3, 0.4) is 0 Å². The molecular formula is C16H23N3O. The normalized spacial score (nSPS) is 22.2. The average molecular weight is 273 g/mol. The zero-order chi connectivity index (χ0) is 13.9. The van der Waals surface area contributed by atoms with E-state index in [1.54, 1.807) is 0 Å². The first kappa shape index (κ1) is 13.6. The fourth-order valence-corrected chi connectivity index (χ4v) is 3.21. The van der Waals surface area contributed by atoms with Crippen molar-refractivity contribution in [2.24, 2.45) is 5.73 Å². The van der Waals surface area contributed by atoms with E-state index in [0.29, 0.717) is 5.91 Å². The van der Waals surface area contributed by atoms with Crippen molar-refractivity contribution in [3.63, 3.8) is 0 Å². The van der Waals surface area contributed by atoms with Crippen molar-refractivity contribution in [1.29, 1.82) is 0 Å². The second kappa shape index (κ2) is 5.94. The molecule has 3 rings (SSSR count). The summed E-state index contributed by atoms with van der Waals surface area (Å²) in [7, 11) is 0. The number of amides is 1. The highest BCUT2D eigenvalue weighted by Gasteiger charge is 2.35. The average Bonchev–Trinajstić information content (AvgIpc) is 2.47. The fraction of sp³-hybridized carbons (Fsp3) is 0.562. The molecule has 108 valence electrons. The van der Waals surface area contributed by atoms with Gasteiger partial charge in [0.05, 0.1) is 5.92 Å². The molecule has 20 heavy (non-hydrogen) atoms. The van der Waals surface area contributed by atoms with Gasteiger partial charge < -0.3 is 10.6 Å². The minimum atomic E-state index is 0.113. The van der Waals surface area contributed by atoms with Crippen molar-refractivity contribution in [3.8, 4) is 0 Å². The molecule has 0 saturated carbocycles. The predicted octanol–water partition coefficient (Wildman–Crippen LogP) is 0.819. The minimum absolute atomic E-state index is 0.113. The summed E-state index contributed by atoms with van der Waals surface area (Å²) in [6.07, 6.45) is 1.96. The molecule has 0 spiro atoms. The monoisotopic (exact) mass is 273 g/mol. The first-order chi connectivity index (χ1) is 9.79. The molecule has 1 fully saturated rings. The Balaban J connectivity index is 1.53. The Morgan fingerprint density at radius 1 is 1.20 bits per heavy atom. The van der Waals surface area contributed by atoms with Gasteiger partial charge in [-0.25, -0.2) is 0 Å². The number of carbonyl (C=O) groups excluding carboxylic acids is 1. The van der Waals surface area contributed by atoms with Gasteiger partial charge in [0.15, 0.2) is 0 Å². The van der Waals surface area contributed by atoms with Crippen LogP contribution in [0.15, 0.2) is 24.3 Å². The summed E-state index contributed by atoms with van der Waals surface area (Å²) in [5.41, 5.74) is 8.12. The SMILES string of the molecule is NCCCN1CCN(C(=O)C2Cc3ccccc32)CC1. The molecule has 1 aliphatic carbocycles. The summed E-state index contributed by atoms with van der Waals surface area (Å²) in [4.78, 5) is 17.0. The van der Waals surface area contributed by atoms with Gasteiger partial charge in [-0.15, -0.1) is 0 Å². The molecule has 0 radical (unpaired) electrons. The lowest BCUT2D eigenvalue weighted by Crippen LogP contribution is -2.51. The van der Waals surface area contributed by atoms with Crippen molar-refractivity contribution in [2.45, 2.75) is 18.8 Å². The van der Waals surface area contributed by atoms with Gasteiger partial charge in [0.25, 0.3) is 0 Å². The third kappa shape index (κ3) is 2.58. The summed E-state index contributed by atoms with van der Waals surface area (Å²) in [5.74, 6) is 0.434. The van der Waals surface area contributed by atoms with E-state index in [-0.39, 0.29) is 5.92 Å². The third-order valence-electron chi connectivity index (χ3n) is 4.52. The summed E-state index contributed by atoms with van der Waals surface area (Å²) < 4.78 is 0. The molecule has 1 aromatic rings. The van der Waals surface area contributed by atoms with Gasteiger partial charge in [-0.1, -0.05) is 24.3 Å². The van der Waals surface area contributed by atoms with Crippen molar-refractivity contribution in [1.82, 2.24) is 9.80 Å². The summed E-state index contributed by atoms with van der Waals surface area (Å²) >= 11 is 0. The van der Waals surface area contributed by atoms with Crippen LogP contribution in [0.5, 0.6) is 0 Å². The van der Waals surface area contributed by atoms with Crippen LogP contribution in [-0.4, -0.2) is 55.0 Å². The number of piperazine rings is 1. The number of rotatable bonds is 4. The number of benzene rings is 1. The molecule has 0 aromatic heterocycles. The number of hydrogen-bond acceptors (Lipinski definition) is 3. The van der Waals surface area contributed by atoms with E-state index in [9.17, 15) is 4.79 Å². The summed E-state index contributed by atoms with van der Waals surface area (Å²) in [5, 5.41) is 0. The van der Waals surface area contributed by atoms with Crippen molar-refractivity contribution < 1.29 is 4.79 Å². The van der Waals surface area contributed by atoms with E-state index in [2.05, 4.69) is 23.1 Å². The third-order valence-corrected chi connectivity index (χ3v) is 4.52. The van der Waals surface area contributed by atoms with Gasteiger partial charge in [-0.05, 0) is 37.1 Å². The van der Waals surface area contributed by atoms with Gasteiger partial charge in [0, 0.05) is 26.2 Å².